The number of rotatable bonds is 3. The fourth-order valence-electron chi connectivity index (χ4n) is 7.75. The second kappa shape index (κ2) is 19.3. The third-order valence-corrected chi connectivity index (χ3v) is 11.3. The SMILES string of the molecule is C[C@@H]1CN(C(=O)[C@@H]2CC[C@H](C)N2)CCN1C.C[C@@H]1CN(C(=O)[C@@H]2CC[C@H](C)N2C(=O)OC(C)(C)C)CCN1C.C[C@H]1CC[C@@H](C(=O)O)N1C(=O)OC(C)(C)C. The molecule has 0 aromatic heterocycles. The monoisotopic (exact) mass is 780 g/mol. The minimum Gasteiger partial charge on any atom is -0.480 e. The first-order valence-corrected chi connectivity index (χ1v) is 20.4. The minimum atomic E-state index is -0.963. The molecule has 15 nitrogen and oxygen atoms in total. The van der Waals surface area contributed by atoms with E-state index < -0.39 is 29.3 Å². The molecule has 5 aliphatic rings. The van der Waals surface area contributed by atoms with Gasteiger partial charge in [0.25, 0.3) is 0 Å². The standard InChI is InChI=1S/C17H31N3O3.C12H23N3O.C11H19NO4/c1-12-7-8-14(20(12)16(22)23-17(3,4)5)15(21)19-10-9-18(6)13(2)11-19;1-9-4-5-11(13-9)12(16)15-7-6-14(3)10(2)8-15;1-7-5-6-8(9(13)14)12(7)10(15)16-11(2,3)4/h12-14H,7-11H2,1-6H3;9-11,13H,4-8H2,1-3H3;7-8H,5-6H2,1-4H3,(H,13,14)/t12-,13+,14-;9-,10+,11-;7-,8-/m000/s1. The van der Waals surface area contributed by atoms with Crippen molar-refractivity contribution in [1.82, 2.24) is 34.7 Å². The zero-order valence-electron chi connectivity index (χ0n) is 36.1. The van der Waals surface area contributed by atoms with E-state index in [1.54, 1.807) is 25.7 Å². The molecule has 4 amide bonds. The van der Waals surface area contributed by atoms with Gasteiger partial charge in [0.15, 0.2) is 0 Å². The summed E-state index contributed by atoms with van der Waals surface area (Å²) in [5.41, 5.74) is -1.14. The Morgan fingerprint density at radius 1 is 0.564 bits per heavy atom. The largest absolute Gasteiger partial charge is 0.480 e. The van der Waals surface area contributed by atoms with Crippen LogP contribution < -0.4 is 5.32 Å². The summed E-state index contributed by atoms with van der Waals surface area (Å²) >= 11 is 0. The fourth-order valence-corrected chi connectivity index (χ4v) is 7.75. The number of nitrogens with one attached hydrogen (secondary N) is 1. The van der Waals surface area contributed by atoms with Crippen LogP contribution in [0.15, 0.2) is 0 Å². The molecule has 5 saturated heterocycles. The summed E-state index contributed by atoms with van der Waals surface area (Å²) in [7, 11) is 4.21. The molecule has 0 saturated carbocycles. The summed E-state index contributed by atoms with van der Waals surface area (Å²) in [5.74, 6) is -0.584. The molecule has 5 fully saturated rings. The Hall–Kier alpha value is -3.17. The van der Waals surface area contributed by atoms with E-state index in [4.69, 9.17) is 14.6 Å². The molecule has 2 N–H and O–H groups in total. The molecule has 5 heterocycles. The quantitative estimate of drug-likeness (QED) is 0.426. The van der Waals surface area contributed by atoms with Crippen molar-refractivity contribution in [1.29, 1.82) is 0 Å². The average Bonchev–Trinajstić information content (AvgIpc) is 3.80. The molecule has 0 aliphatic carbocycles. The van der Waals surface area contributed by atoms with Gasteiger partial charge in [-0.1, -0.05) is 0 Å². The summed E-state index contributed by atoms with van der Waals surface area (Å²) in [6.45, 7) is 26.2. The van der Waals surface area contributed by atoms with Crippen LogP contribution in [0.3, 0.4) is 0 Å². The minimum absolute atomic E-state index is 0.0451. The average molecular weight is 780 g/mol. The third kappa shape index (κ3) is 13.2. The highest BCUT2D eigenvalue weighted by atomic mass is 16.6. The first kappa shape index (κ1) is 46.2. The van der Waals surface area contributed by atoms with Crippen LogP contribution in [0.25, 0.3) is 0 Å². The second-order valence-electron chi connectivity index (χ2n) is 18.4. The van der Waals surface area contributed by atoms with E-state index >= 15 is 0 Å². The molecule has 15 heteroatoms. The number of ether oxygens (including phenoxy) is 2. The second-order valence-corrected chi connectivity index (χ2v) is 18.4. The lowest BCUT2D eigenvalue weighted by Gasteiger charge is -2.40. The van der Waals surface area contributed by atoms with E-state index in [1.807, 2.05) is 44.4 Å². The van der Waals surface area contributed by atoms with Crippen molar-refractivity contribution in [2.24, 2.45) is 0 Å². The number of piperazine rings is 2. The summed E-state index contributed by atoms with van der Waals surface area (Å²) in [6.07, 6.45) is 3.98. The van der Waals surface area contributed by atoms with Gasteiger partial charge >= 0.3 is 18.2 Å². The number of nitrogens with zero attached hydrogens (tertiary/aromatic N) is 6. The van der Waals surface area contributed by atoms with Crippen LogP contribution in [0.4, 0.5) is 9.59 Å². The Bertz CT molecular complexity index is 1340. The van der Waals surface area contributed by atoms with Crippen LogP contribution in [-0.2, 0) is 23.9 Å². The van der Waals surface area contributed by atoms with E-state index in [9.17, 15) is 24.0 Å². The number of carbonyl (C=O) groups is 5. The number of amides is 4. The van der Waals surface area contributed by atoms with Crippen molar-refractivity contribution in [3.8, 4) is 0 Å². The molecular formula is C40H73N7O8. The molecule has 0 aromatic carbocycles. The Kier molecular flexibility index (Phi) is 16.2. The summed E-state index contributed by atoms with van der Waals surface area (Å²) in [4.78, 5) is 72.0. The Morgan fingerprint density at radius 2 is 0.982 bits per heavy atom. The molecule has 8 atom stereocenters. The van der Waals surface area contributed by atoms with Crippen molar-refractivity contribution >= 4 is 30.0 Å². The predicted octanol–water partition coefficient (Wildman–Crippen LogP) is 4.09. The highest BCUT2D eigenvalue weighted by molar-refractivity contribution is 5.87. The van der Waals surface area contributed by atoms with Crippen LogP contribution in [0.1, 0.15) is 115 Å². The molecule has 0 radical (unpaired) electrons. The molecular weight excluding hydrogens is 706 g/mol. The van der Waals surface area contributed by atoms with Crippen LogP contribution in [0.5, 0.6) is 0 Å². The van der Waals surface area contributed by atoms with Gasteiger partial charge in [0.05, 0.1) is 6.04 Å². The van der Waals surface area contributed by atoms with Crippen molar-refractivity contribution in [3.63, 3.8) is 0 Å². The summed E-state index contributed by atoms with van der Waals surface area (Å²) < 4.78 is 10.7. The fraction of sp³-hybridized carbons (Fsp3) is 0.875. The number of likely N-dealkylation sites (N-methyl/N-ethyl adjacent to an activating group) is 2. The van der Waals surface area contributed by atoms with Gasteiger partial charge in [-0.15, -0.1) is 0 Å². The lowest BCUT2D eigenvalue weighted by Crippen LogP contribution is -2.57. The van der Waals surface area contributed by atoms with Gasteiger partial charge in [0.2, 0.25) is 11.8 Å². The number of hydrogen-bond acceptors (Lipinski definition) is 10. The van der Waals surface area contributed by atoms with E-state index in [2.05, 4.69) is 50.0 Å². The van der Waals surface area contributed by atoms with Crippen molar-refractivity contribution in [2.75, 3.05) is 53.4 Å². The Balaban J connectivity index is 0.000000227. The number of hydrogen-bond donors (Lipinski definition) is 2. The van der Waals surface area contributed by atoms with Crippen LogP contribution in [0, 0.1) is 0 Å². The zero-order valence-corrected chi connectivity index (χ0v) is 36.1. The molecule has 0 unspecified atom stereocenters. The van der Waals surface area contributed by atoms with Gasteiger partial charge in [-0.25, -0.2) is 14.4 Å². The topological polar surface area (TPSA) is 156 Å². The molecule has 5 aliphatic heterocycles. The lowest BCUT2D eigenvalue weighted by atomic mass is 10.1. The zero-order chi connectivity index (χ0) is 41.6. The molecule has 316 valence electrons. The maximum absolute atomic E-state index is 12.9. The van der Waals surface area contributed by atoms with Gasteiger partial charge in [-0.2, -0.15) is 0 Å². The first-order chi connectivity index (χ1) is 25.4. The van der Waals surface area contributed by atoms with Gasteiger partial charge in [0, 0.05) is 69.5 Å². The third-order valence-electron chi connectivity index (χ3n) is 11.3. The first-order valence-electron chi connectivity index (χ1n) is 20.4. The predicted molar refractivity (Wildman–Crippen MR) is 212 cm³/mol. The highest BCUT2D eigenvalue weighted by Crippen LogP contribution is 2.29. The van der Waals surface area contributed by atoms with E-state index in [1.165, 1.54) is 4.90 Å². The molecule has 0 spiro atoms. The molecule has 55 heavy (non-hydrogen) atoms. The van der Waals surface area contributed by atoms with Crippen LogP contribution >= 0.6 is 0 Å². The molecule has 5 rings (SSSR count). The van der Waals surface area contributed by atoms with E-state index in [-0.39, 0.29) is 36.2 Å². The number of carbonyl (C=O) groups excluding carboxylic acids is 4. The summed E-state index contributed by atoms with van der Waals surface area (Å²) in [5, 5.41) is 12.4. The van der Waals surface area contributed by atoms with Gasteiger partial charge in [-0.05, 0) is 129 Å². The van der Waals surface area contributed by atoms with Gasteiger partial charge in [-0.3, -0.25) is 19.4 Å². The molecule has 0 aromatic rings. The number of aliphatic carboxylic acids is 1. The van der Waals surface area contributed by atoms with Crippen LogP contribution in [-0.4, -0.2) is 177 Å². The maximum Gasteiger partial charge on any atom is 0.411 e. The maximum atomic E-state index is 12.9. The Labute approximate surface area is 330 Å². The van der Waals surface area contributed by atoms with E-state index in [0.717, 1.165) is 65.0 Å². The summed E-state index contributed by atoms with van der Waals surface area (Å²) in [6, 6.07) is 0.252. The number of carboxylic acids is 1. The number of likely N-dealkylation sites (tertiary alicyclic amines) is 2. The van der Waals surface area contributed by atoms with Gasteiger partial charge < -0.3 is 39.5 Å². The smallest absolute Gasteiger partial charge is 0.411 e. The van der Waals surface area contributed by atoms with Crippen molar-refractivity contribution < 1.29 is 38.6 Å². The highest BCUT2D eigenvalue weighted by Gasteiger charge is 2.44. The number of carboxylic acid groups (broad SMARTS) is 1. The van der Waals surface area contributed by atoms with Crippen LogP contribution in [0.2, 0.25) is 0 Å². The normalized spacial score (nSPS) is 30.6. The van der Waals surface area contributed by atoms with E-state index in [0.29, 0.717) is 36.9 Å². The lowest BCUT2D eigenvalue weighted by molar-refractivity contribution is -0.142. The van der Waals surface area contributed by atoms with Crippen molar-refractivity contribution in [3.05, 3.63) is 0 Å². The molecule has 0 bridgehead atoms. The van der Waals surface area contributed by atoms with Crippen molar-refractivity contribution in [2.45, 2.75) is 174 Å². The van der Waals surface area contributed by atoms with Gasteiger partial charge in [0.1, 0.15) is 23.3 Å². The Morgan fingerprint density at radius 3 is 1.36 bits per heavy atom.